The van der Waals surface area contributed by atoms with Gasteiger partial charge in [0.1, 0.15) is 0 Å². The lowest BCUT2D eigenvalue weighted by Gasteiger charge is -2.41. The van der Waals surface area contributed by atoms with Crippen molar-refractivity contribution in [3.63, 3.8) is 0 Å². The first-order chi connectivity index (χ1) is 16.0. The summed E-state index contributed by atoms with van der Waals surface area (Å²) in [7, 11) is 0. The molecule has 0 unspecified atom stereocenters. The molecule has 2 aromatic carbocycles. The van der Waals surface area contributed by atoms with Gasteiger partial charge < -0.3 is 20.6 Å². The van der Waals surface area contributed by atoms with Gasteiger partial charge in [0.2, 0.25) is 0 Å². The van der Waals surface area contributed by atoms with Crippen molar-refractivity contribution in [1.82, 2.24) is 9.80 Å². The number of benzene rings is 2. The molecule has 2 fully saturated rings. The van der Waals surface area contributed by atoms with E-state index in [1.165, 1.54) is 4.90 Å². The number of guanidine groups is 1. The van der Waals surface area contributed by atoms with Gasteiger partial charge in [0.15, 0.2) is 11.6 Å². The average molecular weight is 467 g/mol. The lowest BCUT2D eigenvalue weighted by atomic mass is 9.79. The van der Waals surface area contributed by atoms with Crippen molar-refractivity contribution in [2.45, 2.75) is 42.7 Å². The zero-order valence-electron chi connectivity index (χ0n) is 19.3. The van der Waals surface area contributed by atoms with Gasteiger partial charge in [-0.25, -0.2) is 4.99 Å². The van der Waals surface area contributed by atoms with Crippen LogP contribution in [0.5, 0.6) is 0 Å². The summed E-state index contributed by atoms with van der Waals surface area (Å²) < 4.78 is 0. The molecular formula is C26H34N4O2S. The molecule has 1 heterocycles. The first-order valence-electron chi connectivity index (χ1n) is 11.8. The molecule has 176 valence electrons. The van der Waals surface area contributed by atoms with Crippen molar-refractivity contribution in [1.29, 1.82) is 0 Å². The van der Waals surface area contributed by atoms with Crippen molar-refractivity contribution >= 4 is 23.6 Å². The molecule has 0 spiro atoms. The minimum Gasteiger partial charge on any atom is -0.375 e. The Morgan fingerprint density at radius 1 is 1.06 bits per heavy atom. The third kappa shape index (κ3) is 5.20. The van der Waals surface area contributed by atoms with Crippen LogP contribution in [0.2, 0.25) is 0 Å². The Bertz CT molecular complexity index is 969. The summed E-state index contributed by atoms with van der Waals surface area (Å²) in [5.41, 5.74) is 6.66. The number of nitrogens with two attached hydrogens (primary N) is 1. The molecular weight excluding hydrogens is 432 g/mol. The van der Waals surface area contributed by atoms with Crippen LogP contribution in [-0.2, 0) is 16.9 Å². The van der Waals surface area contributed by atoms with Crippen molar-refractivity contribution < 1.29 is 9.90 Å². The number of aliphatic imine (C=N–C) groups is 1. The number of nitrogens with zero attached hydrogens (tertiary/aromatic N) is 3. The molecule has 2 aliphatic rings. The lowest BCUT2D eigenvalue weighted by molar-refractivity contribution is -0.160. The maximum Gasteiger partial charge on any atom is 0.259 e. The summed E-state index contributed by atoms with van der Waals surface area (Å²) in [6, 6.07) is 17.8. The molecule has 1 atom stereocenters. The Balaban J connectivity index is 1.41. The highest BCUT2D eigenvalue weighted by molar-refractivity contribution is 7.98. The van der Waals surface area contributed by atoms with Gasteiger partial charge in [0.05, 0.1) is 6.54 Å². The third-order valence-corrected chi connectivity index (χ3v) is 7.66. The third-order valence-electron chi connectivity index (χ3n) is 6.93. The van der Waals surface area contributed by atoms with Crippen molar-refractivity contribution in [3.05, 3.63) is 65.7 Å². The second-order valence-corrected chi connectivity index (χ2v) is 9.80. The van der Waals surface area contributed by atoms with Crippen LogP contribution in [0.3, 0.4) is 0 Å². The molecule has 3 N–H and O–H groups in total. The highest BCUT2D eigenvalue weighted by Gasteiger charge is 2.48. The zero-order chi connectivity index (χ0) is 23.3. The molecule has 1 aliphatic carbocycles. The van der Waals surface area contributed by atoms with E-state index in [2.05, 4.69) is 29.4 Å². The fraction of sp³-hybridized carbons (Fsp3) is 0.462. The molecule has 0 bridgehead atoms. The van der Waals surface area contributed by atoms with E-state index >= 15 is 0 Å². The van der Waals surface area contributed by atoms with Crippen LogP contribution in [0.15, 0.2) is 64.5 Å². The van der Waals surface area contributed by atoms with Crippen LogP contribution >= 0.6 is 11.8 Å². The monoisotopic (exact) mass is 466 g/mol. The van der Waals surface area contributed by atoms with Crippen LogP contribution in [0.4, 0.5) is 0 Å². The van der Waals surface area contributed by atoms with Crippen LogP contribution in [-0.4, -0.2) is 59.2 Å². The van der Waals surface area contributed by atoms with Crippen LogP contribution in [0.1, 0.15) is 36.8 Å². The number of piperazine rings is 1. The van der Waals surface area contributed by atoms with Gasteiger partial charge in [-0.3, -0.25) is 4.79 Å². The Kier molecular flexibility index (Phi) is 7.60. The minimum atomic E-state index is -1.46. The highest BCUT2D eigenvalue weighted by Crippen LogP contribution is 2.42. The predicted molar refractivity (Wildman–Crippen MR) is 134 cm³/mol. The molecule has 6 nitrogen and oxygen atoms in total. The van der Waals surface area contributed by atoms with Gasteiger partial charge in [0, 0.05) is 37.0 Å². The SMILES string of the molecule is CSc1cccc(CN=C(N)N2CCN(C(=O)[C@](O)(c3ccccc3)C3CCCC3)CC2)c1. The Hall–Kier alpha value is -2.51. The Morgan fingerprint density at radius 2 is 1.73 bits per heavy atom. The van der Waals surface area contributed by atoms with Gasteiger partial charge >= 0.3 is 0 Å². The van der Waals surface area contributed by atoms with Gasteiger partial charge in [-0.15, -0.1) is 11.8 Å². The van der Waals surface area contributed by atoms with Gasteiger partial charge in [-0.05, 0) is 42.4 Å². The molecule has 33 heavy (non-hydrogen) atoms. The summed E-state index contributed by atoms with van der Waals surface area (Å²) >= 11 is 1.71. The Morgan fingerprint density at radius 3 is 2.39 bits per heavy atom. The quantitative estimate of drug-likeness (QED) is 0.387. The second kappa shape index (κ2) is 10.6. The highest BCUT2D eigenvalue weighted by atomic mass is 32.2. The maximum atomic E-state index is 13.6. The zero-order valence-corrected chi connectivity index (χ0v) is 20.1. The van der Waals surface area contributed by atoms with Crippen LogP contribution in [0, 0.1) is 5.92 Å². The molecule has 1 amide bonds. The van der Waals surface area contributed by atoms with Gasteiger partial charge in [0.25, 0.3) is 5.91 Å². The van der Waals surface area contributed by atoms with Crippen LogP contribution in [0.25, 0.3) is 0 Å². The number of hydrogen-bond acceptors (Lipinski definition) is 4. The lowest BCUT2D eigenvalue weighted by Crippen LogP contribution is -2.58. The molecule has 2 aromatic rings. The van der Waals surface area contributed by atoms with E-state index in [0.717, 1.165) is 31.2 Å². The smallest absolute Gasteiger partial charge is 0.259 e. The van der Waals surface area contributed by atoms with Crippen molar-refractivity contribution in [2.24, 2.45) is 16.6 Å². The first kappa shape index (κ1) is 23.6. The van der Waals surface area contributed by atoms with E-state index in [1.54, 1.807) is 16.7 Å². The molecule has 0 radical (unpaired) electrons. The maximum absolute atomic E-state index is 13.6. The molecule has 0 aromatic heterocycles. The van der Waals surface area contributed by atoms with Crippen LogP contribution < -0.4 is 5.73 Å². The molecule has 1 aliphatic heterocycles. The first-order valence-corrected chi connectivity index (χ1v) is 13.0. The van der Waals surface area contributed by atoms with E-state index in [-0.39, 0.29) is 11.8 Å². The van der Waals surface area contributed by atoms with E-state index in [9.17, 15) is 9.90 Å². The number of carbonyl (C=O) groups is 1. The molecule has 4 rings (SSSR count). The van der Waals surface area contributed by atoms with E-state index < -0.39 is 5.60 Å². The van der Waals surface area contributed by atoms with E-state index in [4.69, 9.17) is 5.73 Å². The fourth-order valence-electron chi connectivity index (χ4n) is 4.99. The second-order valence-electron chi connectivity index (χ2n) is 8.92. The van der Waals surface area contributed by atoms with Crippen molar-refractivity contribution in [3.8, 4) is 0 Å². The number of amides is 1. The standard InChI is InChI=1S/C26H34N4O2S/c1-33-23-13-7-8-20(18-23)19-28-25(27)30-16-14-29(15-17-30)24(31)26(32,22-11-5-6-12-22)21-9-3-2-4-10-21/h2-4,7-10,13,18,22,32H,5-6,11-12,14-17,19H2,1H3,(H2,27,28)/t26-/m0/s1. The average Bonchev–Trinajstić information content (AvgIpc) is 3.43. The van der Waals surface area contributed by atoms with Gasteiger partial charge in [-0.2, -0.15) is 0 Å². The van der Waals surface area contributed by atoms with E-state index in [1.807, 2.05) is 41.3 Å². The number of thioether (sulfide) groups is 1. The Labute approximate surface area is 200 Å². The minimum absolute atomic E-state index is 0.0332. The summed E-state index contributed by atoms with van der Waals surface area (Å²) in [5.74, 6) is 0.296. The summed E-state index contributed by atoms with van der Waals surface area (Å²) in [6.45, 7) is 2.81. The predicted octanol–water partition coefficient (Wildman–Crippen LogP) is 3.45. The van der Waals surface area contributed by atoms with E-state index in [0.29, 0.717) is 44.2 Å². The summed E-state index contributed by atoms with van der Waals surface area (Å²) in [6.07, 6.45) is 5.95. The molecule has 1 saturated heterocycles. The molecule has 7 heteroatoms. The fourth-order valence-corrected chi connectivity index (χ4v) is 5.48. The molecule has 1 saturated carbocycles. The summed E-state index contributed by atoms with van der Waals surface area (Å²) in [5, 5.41) is 11.8. The van der Waals surface area contributed by atoms with Crippen molar-refractivity contribution in [2.75, 3.05) is 32.4 Å². The number of aliphatic hydroxyl groups is 1. The van der Waals surface area contributed by atoms with Gasteiger partial charge in [-0.1, -0.05) is 55.3 Å². The number of hydrogen-bond donors (Lipinski definition) is 2. The topological polar surface area (TPSA) is 82.2 Å². The largest absolute Gasteiger partial charge is 0.375 e. The number of carbonyl (C=O) groups excluding carboxylic acids is 1. The number of rotatable bonds is 6. The summed E-state index contributed by atoms with van der Waals surface area (Å²) in [4.78, 5) is 23.3. The normalized spacial score (nSPS) is 19.5.